The van der Waals surface area contributed by atoms with Crippen molar-refractivity contribution in [1.82, 2.24) is 5.32 Å². The minimum absolute atomic E-state index is 0.000244. The van der Waals surface area contributed by atoms with Gasteiger partial charge >= 0.3 is 0 Å². The van der Waals surface area contributed by atoms with E-state index in [-0.39, 0.29) is 24.2 Å². The van der Waals surface area contributed by atoms with Crippen LogP contribution < -0.4 is 15.5 Å². The number of benzene rings is 1. The lowest BCUT2D eigenvalue weighted by Gasteiger charge is -2.37. The molecule has 0 saturated carbocycles. The number of carbonyl (C=O) groups is 1. The van der Waals surface area contributed by atoms with Crippen LogP contribution in [0, 0.1) is 0 Å². The quantitative estimate of drug-likeness (QED) is 0.856. The number of anilines is 2. The van der Waals surface area contributed by atoms with Gasteiger partial charge in [0.05, 0.1) is 17.9 Å². The standard InChI is InChI=1S/C15H20BrN3O2/c1-8-6-19(7-9(2)21-8)13-5-12-10(4-11(13)16)14(17-3)15(20)18-12/h4-5,8-9,14,17H,6-7H2,1-3H3,(H,18,20). The number of likely N-dealkylation sites (N-methyl/N-ethyl adjacent to an activating group) is 1. The zero-order valence-electron chi connectivity index (χ0n) is 12.4. The summed E-state index contributed by atoms with van der Waals surface area (Å²) < 4.78 is 6.80. The van der Waals surface area contributed by atoms with Gasteiger partial charge < -0.3 is 20.3 Å². The maximum atomic E-state index is 11.9. The van der Waals surface area contributed by atoms with Gasteiger partial charge in [0.25, 0.3) is 0 Å². The Kier molecular flexibility index (Phi) is 3.94. The number of nitrogens with zero attached hydrogens (tertiary/aromatic N) is 1. The number of nitrogens with one attached hydrogen (secondary N) is 2. The molecule has 1 fully saturated rings. The topological polar surface area (TPSA) is 53.6 Å². The summed E-state index contributed by atoms with van der Waals surface area (Å²) >= 11 is 3.65. The van der Waals surface area contributed by atoms with E-state index in [4.69, 9.17) is 4.74 Å². The molecule has 5 nitrogen and oxygen atoms in total. The largest absolute Gasteiger partial charge is 0.372 e. The second kappa shape index (κ2) is 5.59. The summed E-state index contributed by atoms with van der Waals surface area (Å²) in [5.41, 5.74) is 2.99. The van der Waals surface area contributed by atoms with Crippen LogP contribution in [0.15, 0.2) is 16.6 Å². The molecule has 0 radical (unpaired) electrons. The van der Waals surface area contributed by atoms with Crippen molar-refractivity contribution in [1.29, 1.82) is 0 Å². The summed E-state index contributed by atoms with van der Waals surface area (Å²) in [5, 5.41) is 5.99. The van der Waals surface area contributed by atoms with E-state index in [9.17, 15) is 4.79 Å². The Morgan fingerprint density at radius 2 is 2.00 bits per heavy atom. The van der Waals surface area contributed by atoms with Gasteiger partial charge in [0.1, 0.15) is 6.04 Å². The molecular formula is C15H20BrN3O2. The van der Waals surface area contributed by atoms with E-state index < -0.39 is 0 Å². The van der Waals surface area contributed by atoms with Crippen molar-refractivity contribution in [3.63, 3.8) is 0 Å². The average Bonchev–Trinajstić information content (AvgIpc) is 2.71. The molecule has 1 aromatic rings. The highest BCUT2D eigenvalue weighted by Crippen LogP contribution is 2.39. The van der Waals surface area contributed by atoms with Gasteiger partial charge in [-0.1, -0.05) is 0 Å². The number of carbonyl (C=O) groups excluding carboxylic acids is 1. The zero-order chi connectivity index (χ0) is 15.1. The van der Waals surface area contributed by atoms with Gasteiger partial charge in [0, 0.05) is 28.8 Å². The second-order valence-corrected chi connectivity index (χ2v) is 6.62. The molecule has 0 bridgehead atoms. The number of morpholine rings is 1. The summed E-state index contributed by atoms with van der Waals surface area (Å²) in [6, 6.07) is 3.82. The van der Waals surface area contributed by atoms with Crippen LogP contribution in [0.3, 0.4) is 0 Å². The van der Waals surface area contributed by atoms with Crippen LogP contribution in [-0.4, -0.2) is 38.3 Å². The Bertz CT molecular complexity index is 568. The van der Waals surface area contributed by atoms with Gasteiger partial charge in [-0.25, -0.2) is 0 Å². The van der Waals surface area contributed by atoms with Gasteiger partial charge in [-0.2, -0.15) is 0 Å². The monoisotopic (exact) mass is 353 g/mol. The molecule has 3 rings (SSSR count). The highest BCUT2D eigenvalue weighted by molar-refractivity contribution is 9.10. The summed E-state index contributed by atoms with van der Waals surface area (Å²) in [5.74, 6) is 0.000244. The lowest BCUT2D eigenvalue weighted by Crippen LogP contribution is -2.45. The number of halogens is 1. The van der Waals surface area contributed by atoms with E-state index in [1.807, 2.05) is 6.07 Å². The third kappa shape index (κ3) is 2.67. The minimum atomic E-state index is -0.270. The van der Waals surface area contributed by atoms with E-state index >= 15 is 0 Å². The molecule has 2 heterocycles. The van der Waals surface area contributed by atoms with Crippen LogP contribution in [0.5, 0.6) is 0 Å². The fraction of sp³-hybridized carbons (Fsp3) is 0.533. The number of ether oxygens (including phenoxy) is 1. The molecule has 2 aliphatic heterocycles. The molecule has 0 aliphatic carbocycles. The Labute approximate surface area is 133 Å². The van der Waals surface area contributed by atoms with E-state index in [1.54, 1.807) is 7.05 Å². The summed E-state index contributed by atoms with van der Waals surface area (Å²) in [4.78, 5) is 14.3. The molecule has 21 heavy (non-hydrogen) atoms. The number of hydrogen-bond acceptors (Lipinski definition) is 4. The molecule has 2 N–H and O–H groups in total. The molecule has 3 atom stereocenters. The van der Waals surface area contributed by atoms with E-state index in [1.165, 1.54) is 0 Å². The number of amides is 1. The first kappa shape index (κ1) is 14.8. The second-order valence-electron chi connectivity index (χ2n) is 5.76. The number of hydrogen-bond donors (Lipinski definition) is 2. The van der Waals surface area contributed by atoms with Crippen molar-refractivity contribution in [3.8, 4) is 0 Å². The third-order valence-electron chi connectivity index (χ3n) is 4.00. The van der Waals surface area contributed by atoms with Gasteiger partial charge in [0.2, 0.25) is 5.91 Å². The molecule has 1 aromatic carbocycles. The average molecular weight is 354 g/mol. The molecule has 2 aliphatic rings. The van der Waals surface area contributed by atoms with Gasteiger partial charge in [0.15, 0.2) is 0 Å². The Hall–Kier alpha value is -1.11. The van der Waals surface area contributed by atoms with Crippen LogP contribution in [-0.2, 0) is 9.53 Å². The van der Waals surface area contributed by atoms with Crippen LogP contribution in [0.2, 0.25) is 0 Å². The smallest absolute Gasteiger partial charge is 0.246 e. The molecule has 0 spiro atoms. The van der Waals surface area contributed by atoms with Crippen molar-refractivity contribution >= 4 is 33.2 Å². The first-order chi connectivity index (χ1) is 9.99. The predicted molar refractivity (Wildman–Crippen MR) is 86.8 cm³/mol. The van der Waals surface area contributed by atoms with E-state index in [2.05, 4.69) is 51.4 Å². The summed E-state index contributed by atoms with van der Waals surface area (Å²) in [6.07, 6.45) is 0.405. The van der Waals surface area contributed by atoms with E-state index in [0.29, 0.717) is 0 Å². The fourth-order valence-corrected chi connectivity index (χ4v) is 3.79. The SMILES string of the molecule is CNC1C(=O)Nc2cc(N3CC(C)OC(C)C3)c(Br)cc21. The van der Waals surface area contributed by atoms with Gasteiger partial charge in [-0.05, 0) is 49.0 Å². The molecule has 3 unspecified atom stereocenters. The number of fused-ring (bicyclic) bond motifs is 1. The van der Waals surface area contributed by atoms with Crippen molar-refractivity contribution in [2.45, 2.75) is 32.1 Å². The molecule has 1 amide bonds. The molecule has 114 valence electrons. The summed E-state index contributed by atoms with van der Waals surface area (Å²) in [6.45, 7) is 5.88. The minimum Gasteiger partial charge on any atom is -0.372 e. The van der Waals surface area contributed by atoms with Crippen molar-refractivity contribution in [3.05, 3.63) is 22.2 Å². The highest BCUT2D eigenvalue weighted by Gasteiger charge is 2.32. The fourth-order valence-electron chi connectivity index (χ4n) is 3.17. The lowest BCUT2D eigenvalue weighted by atomic mass is 10.1. The van der Waals surface area contributed by atoms with Crippen LogP contribution in [0.1, 0.15) is 25.5 Å². The highest BCUT2D eigenvalue weighted by atomic mass is 79.9. The number of rotatable bonds is 2. The van der Waals surface area contributed by atoms with E-state index in [0.717, 1.165) is 34.5 Å². The zero-order valence-corrected chi connectivity index (χ0v) is 14.0. The van der Waals surface area contributed by atoms with Crippen LogP contribution >= 0.6 is 15.9 Å². The van der Waals surface area contributed by atoms with Crippen LogP contribution in [0.4, 0.5) is 11.4 Å². The predicted octanol–water partition coefficient (Wildman–Crippen LogP) is 2.28. The van der Waals surface area contributed by atoms with Crippen molar-refractivity contribution in [2.75, 3.05) is 30.4 Å². The molecule has 6 heteroatoms. The Balaban J connectivity index is 1.95. The Morgan fingerprint density at radius 1 is 1.33 bits per heavy atom. The first-order valence-electron chi connectivity index (χ1n) is 7.21. The maximum absolute atomic E-state index is 11.9. The first-order valence-corrected chi connectivity index (χ1v) is 8.01. The molecule has 0 aromatic heterocycles. The molecule has 1 saturated heterocycles. The van der Waals surface area contributed by atoms with Gasteiger partial charge in [-0.15, -0.1) is 0 Å². The summed E-state index contributed by atoms with van der Waals surface area (Å²) in [7, 11) is 1.80. The maximum Gasteiger partial charge on any atom is 0.246 e. The Morgan fingerprint density at radius 3 is 2.62 bits per heavy atom. The normalized spacial score (nSPS) is 28.5. The molecular weight excluding hydrogens is 334 g/mol. The van der Waals surface area contributed by atoms with Crippen molar-refractivity contribution in [2.24, 2.45) is 0 Å². The lowest BCUT2D eigenvalue weighted by molar-refractivity contribution is -0.117. The third-order valence-corrected chi connectivity index (χ3v) is 4.63. The van der Waals surface area contributed by atoms with Crippen LogP contribution in [0.25, 0.3) is 0 Å². The van der Waals surface area contributed by atoms with Crippen molar-refractivity contribution < 1.29 is 9.53 Å². The van der Waals surface area contributed by atoms with Gasteiger partial charge in [-0.3, -0.25) is 4.79 Å².